The highest BCUT2D eigenvalue weighted by atomic mass is 16.5. The molecule has 0 radical (unpaired) electrons. The standard InChI is InChI=1S/C22H24N6O4/c1-15(31-2)14-32-18-9-19(21-17(10-23)12-25-28(21)13-18)16-3-4-20(24-11-16)26-5-7-27(8-6-26)22(29)30/h3-4,9,11-13,15H,5-8,14H2,1-2H3,(H,29,30)/t15-/m0/s1. The van der Waals surface area contributed by atoms with Crippen molar-refractivity contribution in [2.75, 3.05) is 44.8 Å². The maximum absolute atomic E-state index is 11.1. The predicted molar refractivity (Wildman–Crippen MR) is 117 cm³/mol. The van der Waals surface area contributed by atoms with Crippen molar-refractivity contribution in [1.82, 2.24) is 19.5 Å². The second-order valence-electron chi connectivity index (χ2n) is 7.57. The number of hydrogen-bond donors (Lipinski definition) is 1. The van der Waals surface area contributed by atoms with E-state index in [2.05, 4.69) is 21.1 Å². The Balaban J connectivity index is 1.62. The first-order valence-corrected chi connectivity index (χ1v) is 10.3. The molecule has 4 rings (SSSR count). The molecule has 166 valence electrons. The molecule has 1 N–H and O–H groups in total. The highest BCUT2D eigenvalue weighted by molar-refractivity contribution is 5.85. The number of fused-ring (bicyclic) bond motifs is 1. The minimum Gasteiger partial charge on any atom is -0.489 e. The van der Waals surface area contributed by atoms with E-state index in [1.54, 1.807) is 24.0 Å². The molecule has 3 aromatic rings. The Hall–Kier alpha value is -3.84. The predicted octanol–water partition coefficient (Wildman–Crippen LogP) is 2.48. The summed E-state index contributed by atoms with van der Waals surface area (Å²) in [5, 5.41) is 22.9. The lowest BCUT2D eigenvalue weighted by Gasteiger charge is -2.33. The Morgan fingerprint density at radius 2 is 2.06 bits per heavy atom. The van der Waals surface area contributed by atoms with Crippen LogP contribution in [0.4, 0.5) is 10.6 Å². The van der Waals surface area contributed by atoms with Gasteiger partial charge < -0.3 is 24.4 Å². The second kappa shape index (κ2) is 9.11. The fourth-order valence-electron chi connectivity index (χ4n) is 3.62. The highest BCUT2D eigenvalue weighted by Gasteiger charge is 2.21. The number of carboxylic acid groups (broad SMARTS) is 1. The minimum absolute atomic E-state index is 0.0658. The van der Waals surface area contributed by atoms with Crippen molar-refractivity contribution in [3.63, 3.8) is 0 Å². The van der Waals surface area contributed by atoms with Gasteiger partial charge in [0.1, 0.15) is 24.2 Å². The molecule has 1 atom stereocenters. The molecule has 0 saturated carbocycles. The fourth-order valence-corrected chi connectivity index (χ4v) is 3.62. The van der Waals surface area contributed by atoms with Gasteiger partial charge >= 0.3 is 6.09 Å². The van der Waals surface area contributed by atoms with Crippen LogP contribution < -0.4 is 9.64 Å². The Morgan fingerprint density at radius 1 is 1.28 bits per heavy atom. The lowest BCUT2D eigenvalue weighted by Crippen LogP contribution is -2.48. The maximum Gasteiger partial charge on any atom is 0.407 e. The third-order valence-corrected chi connectivity index (χ3v) is 5.53. The molecule has 0 unspecified atom stereocenters. The smallest absolute Gasteiger partial charge is 0.407 e. The maximum atomic E-state index is 11.1. The van der Waals surface area contributed by atoms with E-state index in [4.69, 9.17) is 14.6 Å². The first kappa shape index (κ1) is 21.4. The van der Waals surface area contributed by atoms with Crippen LogP contribution in [0.5, 0.6) is 5.75 Å². The van der Waals surface area contributed by atoms with E-state index in [0.717, 1.165) is 16.9 Å². The molecule has 1 amide bonds. The zero-order valence-corrected chi connectivity index (χ0v) is 17.9. The topological polar surface area (TPSA) is 116 Å². The number of nitriles is 1. The summed E-state index contributed by atoms with van der Waals surface area (Å²) < 4.78 is 12.8. The van der Waals surface area contributed by atoms with Crippen LogP contribution in [-0.2, 0) is 4.74 Å². The summed E-state index contributed by atoms with van der Waals surface area (Å²) in [6.07, 6.45) is 4.07. The molecule has 1 aliphatic rings. The second-order valence-corrected chi connectivity index (χ2v) is 7.57. The van der Waals surface area contributed by atoms with Crippen molar-refractivity contribution in [1.29, 1.82) is 5.26 Å². The number of aromatic nitrogens is 3. The van der Waals surface area contributed by atoms with E-state index in [1.807, 2.05) is 25.1 Å². The van der Waals surface area contributed by atoms with Gasteiger partial charge in [-0.25, -0.2) is 14.3 Å². The van der Waals surface area contributed by atoms with Crippen LogP contribution in [0.15, 0.2) is 36.8 Å². The average molecular weight is 436 g/mol. The number of pyridine rings is 2. The average Bonchev–Trinajstić information content (AvgIpc) is 3.25. The van der Waals surface area contributed by atoms with Crippen molar-refractivity contribution >= 4 is 17.4 Å². The van der Waals surface area contributed by atoms with Gasteiger partial charge in [-0.1, -0.05) is 0 Å². The molecule has 3 aromatic heterocycles. The Bertz CT molecular complexity index is 1150. The van der Waals surface area contributed by atoms with Crippen LogP contribution in [0, 0.1) is 11.3 Å². The van der Waals surface area contributed by atoms with E-state index in [-0.39, 0.29) is 6.10 Å². The minimum atomic E-state index is -0.895. The molecule has 0 bridgehead atoms. The molecule has 1 saturated heterocycles. The summed E-state index contributed by atoms with van der Waals surface area (Å²) >= 11 is 0. The van der Waals surface area contributed by atoms with E-state index >= 15 is 0 Å². The van der Waals surface area contributed by atoms with Gasteiger partial charge in [0.25, 0.3) is 0 Å². The number of piperazine rings is 1. The number of methoxy groups -OCH3 is 1. The molecule has 0 spiro atoms. The molecule has 1 aliphatic heterocycles. The van der Waals surface area contributed by atoms with Gasteiger partial charge in [0.2, 0.25) is 0 Å². The quantitative estimate of drug-likeness (QED) is 0.626. The van der Waals surface area contributed by atoms with E-state index in [0.29, 0.717) is 49.6 Å². The van der Waals surface area contributed by atoms with Crippen LogP contribution in [0.25, 0.3) is 16.6 Å². The SMILES string of the molecule is CO[C@@H](C)COc1cc(-c2ccc(N3CCN(C(=O)O)CC3)nc2)c2c(C#N)cnn2c1. The number of anilines is 1. The Labute approximate surface area is 185 Å². The summed E-state index contributed by atoms with van der Waals surface area (Å²) in [5.41, 5.74) is 2.76. The normalized spacial score (nSPS) is 14.9. The van der Waals surface area contributed by atoms with Crippen molar-refractivity contribution < 1.29 is 19.4 Å². The number of nitrogens with zero attached hydrogens (tertiary/aromatic N) is 6. The van der Waals surface area contributed by atoms with Gasteiger partial charge in [-0.15, -0.1) is 0 Å². The van der Waals surface area contributed by atoms with Crippen LogP contribution in [-0.4, -0.2) is 76.7 Å². The highest BCUT2D eigenvalue weighted by Crippen LogP contribution is 2.31. The van der Waals surface area contributed by atoms with Gasteiger partial charge in [0.15, 0.2) is 0 Å². The summed E-state index contributed by atoms with van der Waals surface area (Å²) in [7, 11) is 1.63. The Kier molecular flexibility index (Phi) is 6.09. The molecule has 10 nitrogen and oxygen atoms in total. The number of rotatable bonds is 6. The molecular formula is C22H24N6O4. The van der Waals surface area contributed by atoms with Gasteiger partial charge in [0.05, 0.1) is 29.6 Å². The third kappa shape index (κ3) is 4.29. The van der Waals surface area contributed by atoms with Crippen LogP contribution in [0.3, 0.4) is 0 Å². The van der Waals surface area contributed by atoms with Gasteiger partial charge in [-0.2, -0.15) is 10.4 Å². The monoisotopic (exact) mass is 436 g/mol. The summed E-state index contributed by atoms with van der Waals surface area (Å²) in [5.74, 6) is 1.39. The summed E-state index contributed by atoms with van der Waals surface area (Å²) in [6.45, 7) is 4.36. The lowest BCUT2D eigenvalue weighted by molar-refractivity contribution is 0.0715. The summed E-state index contributed by atoms with van der Waals surface area (Å²) in [6, 6.07) is 7.92. The fraction of sp³-hybridized carbons (Fsp3) is 0.364. The van der Waals surface area contributed by atoms with Gasteiger partial charge in [-0.05, 0) is 25.1 Å². The summed E-state index contributed by atoms with van der Waals surface area (Å²) in [4.78, 5) is 19.2. The van der Waals surface area contributed by atoms with Crippen LogP contribution in [0.1, 0.15) is 12.5 Å². The van der Waals surface area contributed by atoms with Crippen molar-refractivity contribution in [3.8, 4) is 22.9 Å². The van der Waals surface area contributed by atoms with Crippen molar-refractivity contribution in [2.24, 2.45) is 0 Å². The van der Waals surface area contributed by atoms with Crippen molar-refractivity contribution in [2.45, 2.75) is 13.0 Å². The zero-order chi connectivity index (χ0) is 22.7. The molecule has 10 heteroatoms. The first-order chi connectivity index (χ1) is 15.5. The molecular weight excluding hydrogens is 412 g/mol. The zero-order valence-electron chi connectivity index (χ0n) is 17.9. The van der Waals surface area contributed by atoms with E-state index in [1.165, 1.54) is 11.1 Å². The molecule has 4 heterocycles. The van der Waals surface area contributed by atoms with E-state index < -0.39 is 6.09 Å². The molecule has 32 heavy (non-hydrogen) atoms. The van der Waals surface area contributed by atoms with E-state index in [9.17, 15) is 10.1 Å². The number of ether oxygens (including phenoxy) is 2. The number of carbonyl (C=O) groups is 1. The van der Waals surface area contributed by atoms with Crippen LogP contribution >= 0.6 is 0 Å². The first-order valence-electron chi connectivity index (χ1n) is 10.3. The lowest BCUT2D eigenvalue weighted by atomic mass is 10.1. The Morgan fingerprint density at radius 3 is 2.69 bits per heavy atom. The molecule has 0 aromatic carbocycles. The van der Waals surface area contributed by atoms with Gasteiger partial charge in [-0.3, -0.25) is 0 Å². The van der Waals surface area contributed by atoms with Crippen molar-refractivity contribution in [3.05, 3.63) is 42.4 Å². The van der Waals surface area contributed by atoms with Crippen LogP contribution in [0.2, 0.25) is 0 Å². The molecule has 1 fully saturated rings. The third-order valence-electron chi connectivity index (χ3n) is 5.53. The van der Waals surface area contributed by atoms with Gasteiger partial charge in [0, 0.05) is 50.6 Å². The number of hydrogen-bond acceptors (Lipinski definition) is 7. The molecule has 0 aliphatic carbocycles. The largest absolute Gasteiger partial charge is 0.489 e. The number of amides is 1.